The smallest absolute Gasteiger partial charge is 0.316 e. The van der Waals surface area contributed by atoms with E-state index >= 15 is 0 Å². The largest absolute Gasteiger partial charge is 0.460 e. The zero-order valence-electron chi connectivity index (χ0n) is 12.1. The molecule has 0 radical (unpaired) electrons. The zero-order chi connectivity index (χ0) is 14.5. The third-order valence-electron chi connectivity index (χ3n) is 3.22. The quantitative estimate of drug-likeness (QED) is 0.784. The van der Waals surface area contributed by atoms with Crippen molar-refractivity contribution in [2.45, 2.75) is 39.3 Å². The van der Waals surface area contributed by atoms with E-state index in [2.05, 4.69) is 18.8 Å². The number of aromatic nitrogens is 2. The van der Waals surface area contributed by atoms with Gasteiger partial charge in [0.05, 0.1) is 0 Å². The van der Waals surface area contributed by atoms with Crippen molar-refractivity contribution in [3.8, 4) is 0 Å². The van der Waals surface area contributed by atoms with Crippen LogP contribution in [-0.4, -0.2) is 15.5 Å². The molecule has 0 saturated heterocycles. The average Bonchev–Trinajstić information content (AvgIpc) is 2.94. The van der Waals surface area contributed by atoms with E-state index in [0.29, 0.717) is 6.61 Å². The minimum Gasteiger partial charge on any atom is -0.460 e. The van der Waals surface area contributed by atoms with Crippen molar-refractivity contribution in [1.82, 2.24) is 9.55 Å². The maximum Gasteiger partial charge on any atom is 0.316 e. The highest BCUT2D eigenvalue weighted by molar-refractivity contribution is 5.76. The lowest BCUT2D eigenvalue weighted by Gasteiger charge is -2.16. The van der Waals surface area contributed by atoms with Crippen LogP contribution in [0.3, 0.4) is 0 Å². The van der Waals surface area contributed by atoms with E-state index in [4.69, 9.17) is 4.74 Å². The van der Waals surface area contributed by atoms with Gasteiger partial charge in [-0.2, -0.15) is 0 Å². The lowest BCUT2D eigenvalue weighted by atomic mass is 10.1. The minimum atomic E-state index is -0.365. The highest BCUT2D eigenvalue weighted by atomic mass is 16.5. The van der Waals surface area contributed by atoms with Crippen molar-refractivity contribution in [2.24, 2.45) is 0 Å². The molecule has 20 heavy (non-hydrogen) atoms. The molecule has 0 aliphatic heterocycles. The number of carbonyl (C=O) groups excluding carboxylic acids is 1. The van der Waals surface area contributed by atoms with Crippen LogP contribution in [0.5, 0.6) is 0 Å². The van der Waals surface area contributed by atoms with Crippen LogP contribution in [-0.2, 0) is 16.1 Å². The number of nitrogens with zero attached hydrogens (tertiary/aromatic N) is 2. The van der Waals surface area contributed by atoms with Crippen LogP contribution in [0.25, 0.3) is 0 Å². The van der Waals surface area contributed by atoms with Crippen molar-refractivity contribution in [3.05, 3.63) is 54.1 Å². The monoisotopic (exact) mass is 272 g/mol. The third kappa shape index (κ3) is 3.26. The Bertz CT molecular complexity index is 561. The first kappa shape index (κ1) is 14.3. The fraction of sp³-hybridized carbons (Fsp3) is 0.375. The van der Waals surface area contributed by atoms with Crippen LogP contribution in [0.1, 0.15) is 44.1 Å². The van der Waals surface area contributed by atoms with Crippen LogP contribution in [0, 0.1) is 0 Å². The summed E-state index contributed by atoms with van der Waals surface area (Å²) in [7, 11) is 0. The average molecular weight is 272 g/mol. The van der Waals surface area contributed by atoms with E-state index in [1.54, 1.807) is 6.20 Å². The van der Waals surface area contributed by atoms with Gasteiger partial charge in [-0.15, -0.1) is 0 Å². The molecule has 2 aromatic rings. The van der Waals surface area contributed by atoms with Gasteiger partial charge in [0, 0.05) is 18.4 Å². The Balaban J connectivity index is 2.00. The van der Waals surface area contributed by atoms with E-state index in [1.807, 2.05) is 48.0 Å². The zero-order valence-corrected chi connectivity index (χ0v) is 12.1. The van der Waals surface area contributed by atoms with Gasteiger partial charge in [-0.1, -0.05) is 30.3 Å². The molecule has 0 aliphatic carbocycles. The van der Waals surface area contributed by atoms with Gasteiger partial charge < -0.3 is 9.30 Å². The lowest BCUT2D eigenvalue weighted by Crippen LogP contribution is -2.18. The van der Waals surface area contributed by atoms with Gasteiger partial charge in [0.15, 0.2) is 0 Å². The van der Waals surface area contributed by atoms with Crippen molar-refractivity contribution in [2.75, 3.05) is 0 Å². The molecule has 1 unspecified atom stereocenters. The molecule has 2 rings (SSSR count). The summed E-state index contributed by atoms with van der Waals surface area (Å²) in [5, 5.41) is 0. The fourth-order valence-corrected chi connectivity index (χ4v) is 2.06. The van der Waals surface area contributed by atoms with Crippen molar-refractivity contribution < 1.29 is 9.53 Å². The maximum atomic E-state index is 12.1. The number of ether oxygens (including phenoxy) is 1. The molecule has 0 fully saturated rings. The number of imidazole rings is 1. The summed E-state index contributed by atoms with van der Waals surface area (Å²) < 4.78 is 7.35. The van der Waals surface area contributed by atoms with Gasteiger partial charge >= 0.3 is 5.97 Å². The molecule has 0 N–H and O–H groups in total. The first-order valence-electron chi connectivity index (χ1n) is 6.83. The van der Waals surface area contributed by atoms with E-state index < -0.39 is 0 Å². The molecule has 4 nitrogen and oxygen atoms in total. The van der Waals surface area contributed by atoms with Gasteiger partial charge in [0.2, 0.25) is 0 Å². The summed E-state index contributed by atoms with van der Waals surface area (Å²) in [5.41, 5.74) is 0.986. The summed E-state index contributed by atoms with van der Waals surface area (Å²) >= 11 is 0. The molecule has 1 heterocycles. The van der Waals surface area contributed by atoms with Crippen molar-refractivity contribution >= 4 is 5.97 Å². The Morgan fingerprint density at radius 1 is 1.25 bits per heavy atom. The third-order valence-corrected chi connectivity index (χ3v) is 3.22. The highest BCUT2D eigenvalue weighted by Gasteiger charge is 2.22. The van der Waals surface area contributed by atoms with Crippen LogP contribution in [0.15, 0.2) is 42.7 Å². The molecule has 0 amide bonds. The number of carbonyl (C=O) groups is 1. The predicted octanol–water partition coefficient (Wildman–Crippen LogP) is 3.31. The molecule has 0 saturated carbocycles. The highest BCUT2D eigenvalue weighted by Crippen LogP contribution is 2.19. The van der Waals surface area contributed by atoms with Gasteiger partial charge in [0.1, 0.15) is 18.3 Å². The van der Waals surface area contributed by atoms with Crippen molar-refractivity contribution in [3.63, 3.8) is 0 Å². The van der Waals surface area contributed by atoms with Crippen molar-refractivity contribution in [1.29, 1.82) is 0 Å². The number of esters is 1. The Labute approximate surface area is 119 Å². The number of hydrogen-bond acceptors (Lipinski definition) is 3. The van der Waals surface area contributed by atoms with E-state index in [1.165, 1.54) is 0 Å². The molecule has 0 aliphatic rings. The first-order chi connectivity index (χ1) is 9.59. The van der Waals surface area contributed by atoms with Crippen LogP contribution >= 0.6 is 0 Å². The van der Waals surface area contributed by atoms with E-state index in [-0.39, 0.29) is 17.9 Å². The van der Waals surface area contributed by atoms with Gasteiger partial charge in [-0.25, -0.2) is 4.98 Å². The topological polar surface area (TPSA) is 44.1 Å². The summed E-state index contributed by atoms with van der Waals surface area (Å²) in [6, 6.07) is 9.95. The molecule has 1 aromatic heterocycles. The summed E-state index contributed by atoms with van der Waals surface area (Å²) in [6.45, 7) is 6.25. The lowest BCUT2D eigenvalue weighted by molar-refractivity contribution is -0.146. The molecular weight excluding hydrogens is 252 g/mol. The summed E-state index contributed by atoms with van der Waals surface area (Å²) in [4.78, 5) is 16.4. The molecule has 106 valence electrons. The second kappa shape index (κ2) is 6.37. The van der Waals surface area contributed by atoms with E-state index in [9.17, 15) is 4.79 Å². The SMILES string of the molecule is CC(C(=O)OCc1ccccc1)c1nccn1C(C)C. The first-order valence-corrected chi connectivity index (χ1v) is 6.83. The maximum absolute atomic E-state index is 12.1. The van der Waals surface area contributed by atoms with Gasteiger partial charge in [-0.05, 0) is 26.3 Å². The predicted molar refractivity (Wildman–Crippen MR) is 77.3 cm³/mol. The number of benzene rings is 1. The summed E-state index contributed by atoms with van der Waals surface area (Å²) in [5.74, 6) is 0.135. The Morgan fingerprint density at radius 3 is 2.60 bits per heavy atom. The van der Waals surface area contributed by atoms with Crippen LogP contribution in [0.2, 0.25) is 0 Å². The van der Waals surface area contributed by atoms with E-state index in [0.717, 1.165) is 11.4 Å². The van der Waals surface area contributed by atoms with Gasteiger partial charge in [-0.3, -0.25) is 4.79 Å². The Morgan fingerprint density at radius 2 is 1.95 bits per heavy atom. The minimum absolute atomic E-state index is 0.248. The second-order valence-electron chi connectivity index (χ2n) is 5.10. The van der Waals surface area contributed by atoms with Gasteiger partial charge in [0.25, 0.3) is 0 Å². The normalized spacial score (nSPS) is 12.4. The Kier molecular flexibility index (Phi) is 4.56. The standard InChI is InChI=1S/C16H20N2O2/c1-12(2)18-10-9-17-15(18)13(3)16(19)20-11-14-7-5-4-6-8-14/h4-10,12-13H,11H2,1-3H3. The van der Waals surface area contributed by atoms with Crippen LogP contribution < -0.4 is 0 Å². The second-order valence-corrected chi connectivity index (χ2v) is 5.10. The molecule has 0 spiro atoms. The molecule has 1 aromatic carbocycles. The number of rotatable bonds is 5. The molecule has 1 atom stereocenters. The fourth-order valence-electron chi connectivity index (χ4n) is 2.06. The summed E-state index contributed by atoms with van der Waals surface area (Å²) in [6.07, 6.45) is 3.61. The number of hydrogen-bond donors (Lipinski definition) is 0. The van der Waals surface area contributed by atoms with Crippen LogP contribution in [0.4, 0.5) is 0 Å². The molecular formula is C16H20N2O2. The molecule has 0 bridgehead atoms. The Hall–Kier alpha value is -2.10. The molecule has 4 heteroatoms.